The number of rotatable bonds is 5. The van der Waals surface area contributed by atoms with Gasteiger partial charge in [0.15, 0.2) is 0 Å². The van der Waals surface area contributed by atoms with E-state index in [2.05, 4.69) is 18.3 Å². The van der Waals surface area contributed by atoms with E-state index < -0.39 is 0 Å². The van der Waals surface area contributed by atoms with Crippen LogP contribution in [-0.2, 0) is 10.5 Å². The standard InChI is InChI=1S/C16H25NO2S/c1-11-7-8-14(19-6)13(9-11)10-20-12(2)15(18)17-16(3,4)5/h7-9,12H,10H2,1-6H3,(H,17,18)/t12-/m1/s1. The molecule has 112 valence electrons. The molecule has 0 heterocycles. The van der Waals surface area contributed by atoms with E-state index in [0.29, 0.717) is 0 Å². The SMILES string of the molecule is COc1ccc(C)cc1CS[C@H](C)C(=O)NC(C)(C)C. The number of hydrogen-bond acceptors (Lipinski definition) is 3. The molecule has 0 bridgehead atoms. The molecule has 0 unspecified atom stereocenters. The van der Waals surface area contributed by atoms with Crippen molar-refractivity contribution in [3.63, 3.8) is 0 Å². The fourth-order valence-electron chi connectivity index (χ4n) is 1.78. The van der Waals surface area contributed by atoms with Crippen LogP contribution >= 0.6 is 11.8 Å². The van der Waals surface area contributed by atoms with Crippen molar-refractivity contribution >= 4 is 17.7 Å². The minimum absolute atomic E-state index is 0.0779. The molecule has 4 heteroatoms. The molecule has 1 N–H and O–H groups in total. The highest BCUT2D eigenvalue weighted by Crippen LogP contribution is 2.26. The van der Waals surface area contributed by atoms with Gasteiger partial charge in [-0.1, -0.05) is 17.7 Å². The lowest BCUT2D eigenvalue weighted by Gasteiger charge is -2.23. The maximum absolute atomic E-state index is 12.0. The molecular formula is C16H25NO2S. The number of hydrogen-bond donors (Lipinski definition) is 1. The first kappa shape index (κ1) is 16.9. The highest BCUT2D eigenvalue weighted by Gasteiger charge is 2.19. The number of methoxy groups -OCH3 is 1. The molecule has 0 aliphatic rings. The molecule has 0 aliphatic carbocycles. The average molecular weight is 295 g/mol. The molecule has 0 saturated heterocycles. The van der Waals surface area contributed by atoms with E-state index in [1.54, 1.807) is 18.9 Å². The maximum Gasteiger partial charge on any atom is 0.233 e. The minimum atomic E-state index is -0.188. The third-order valence-electron chi connectivity index (χ3n) is 2.79. The first-order valence-corrected chi connectivity index (χ1v) is 7.85. The van der Waals surface area contributed by atoms with Gasteiger partial charge in [0.1, 0.15) is 5.75 Å². The fraction of sp³-hybridized carbons (Fsp3) is 0.562. The smallest absolute Gasteiger partial charge is 0.233 e. The number of benzene rings is 1. The molecule has 0 saturated carbocycles. The van der Waals surface area contributed by atoms with Crippen LogP contribution in [0.2, 0.25) is 0 Å². The van der Waals surface area contributed by atoms with Gasteiger partial charge in [0.2, 0.25) is 5.91 Å². The third-order valence-corrected chi connectivity index (χ3v) is 3.98. The van der Waals surface area contributed by atoms with Gasteiger partial charge >= 0.3 is 0 Å². The number of carbonyl (C=O) groups is 1. The van der Waals surface area contributed by atoms with Crippen LogP contribution in [0.5, 0.6) is 5.75 Å². The highest BCUT2D eigenvalue weighted by molar-refractivity contribution is 7.99. The predicted molar refractivity (Wildman–Crippen MR) is 86.4 cm³/mol. The van der Waals surface area contributed by atoms with E-state index >= 15 is 0 Å². The zero-order valence-electron chi connectivity index (χ0n) is 13.2. The van der Waals surface area contributed by atoms with E-state index in [1.165, 1.54) is 5.56 Å². The van der Waals surface area contributed by atoms with Gasteiger partial charge in [-0.2, -0.15) is 0 Å². The number of amides is 1. The largest absolute Gasteiger partial charge is 0.496 e. The van der Waals surface area contributed by atoms with Crippen LogP contribution in [0.1, 0.15) is 38.8 Å². The summed E-state index contributed by atoms with van der Waals surface area (Å²) < 4.78 is 5.36. The lowest BCUT2D eigenvalue weighted by Crippen LogP contribution is -2.44. The van der Waals surface area contributed by atoms with Crippen molar-refractivity contribution in [2.24, 2.45) is 0 Å². The predicted octanol–water partition coefficient (Wildman–Crippen LogP) is 3.54. The van der Waals surface area contributed by atoms with Crippen molar-refractivity contribution in [1.29, 1.82) is 0 Å². The van der Waals surface area contributed by atoms with Crippen LogP contribution in [0.4, 0.5) is 0 Å². The van der Waals surface area contributed by atoms with Crippen LogP contribution < -0.4 is 10.1 Å². The minimum Gasteiger partial charge on any atom is -0.496 e. The van der Waals surface area contributed by atoms with Gasteiger partial charge < -0.3 is 10.1 Å². The second-order valence-electron chi connectivity index (χ2n) is 6.01. The Balaban J connectivity index is 2.63. The summed E-state index contributed by atoms with van der Waals surface area (Å²) in [5.74, 6) is 1.73. The lowest BCUT2D eigenvalue weighted by molar-refractivity contribution is -0.121. The van der Waals surface area contributed by atoms with Crippen molar-refractivity contribution in [3.05, 3.63) is 29.3 Å². The first-order valence-electron chi connectivity index (χ1n) is 6.80. The summed E-state index contributed by atoms with van der Waals surface area (Å²) in [5.41, 5.74) is 2.15. The number of nitrogens with one attached hydrogen (secondary N) is 1. The summed E-state index contributed by atoms with van der Waals surface area (Å²) in [4.78, 5) is 12.0. The molecule has 1 amide bonds. The van der Waals surface area contributed by atoms with Crippen LogP contribution in [0.25, 0.3) is 0 Å². The molecule has 0 aromatic heterocycles. The Hall–Kier alpha value is -1.16. The summed E-state index contributed by atoms with van der Waals surface area (Å²) in [7, 11) is 1.68. The average Bonchev–Trinajstić information content (AvgIpc) is 2.34. The Labute approximate surface area is 126 Å². The van der Waals surface area contributed by atoms with E-state index in [0.717, 1.165) is 17.1 Å². The molecule has 3 nitrogen and oxygen atoms in total. The Morgan fingerprint density at radius 1 is 1.40 bits per heavy atom. The van der Waals surface area contributed by atoms with Gasteiger partial charge in [-0.05, 0) is 40.7 Å². The zero-order chi connectivity index (χ0) is 15.3. The van der Waals surface area contributed by atoms with Crippen LogP contribution in [0, 0.1) is 6.92 Å². The van der Waals surface area contributed by atoms with Gasteiger partial charge in [0.05, 0.1) is 12.4 Å². The van der Waals surface area contributed by atoms with E-state index in [1.807, 2.05) is 39.8 Å². The van der Waals surface area contributed by atoms with Crippen molar-refractivity contribution in [2.75, 3.05) is 7.11 Å². The molecule has 0 radical (unpaired) electrons. The third kappa shape index (κ3) is 5.45. The summed E-state index contributed by atoms with van der Waals surface area (Å²) >= 11 is 1.62. The molecule has 20 heavy (non-hydrogen) atoms. The summed E-state index contributed by atoms with van der Waals surface area (Å²) in [6.45, 7) is 9.97. The van der Waals surface area contributed by atoms with Gasteiger partial charge in [-0.15, -0.1) is 11.8 Å². The second-order valence-corrected chi connectivity index (χ2v) is 7.34. The normalized spacial score (nSPS) is 12.9. The zero-order valence-corrected chi connectivity index (χ0v) is 14.1. The first-order chi connectivity index (χ1) is 9.23. The fourth-order valence-corrected chi connectivity index (χ4v) is 2.65. The van der Waals surface area contributed by atoms with E-state index in [4.69, 9.17) is 4.74 Å². The molecule has 0 aliphatic heterocycles. The molecule has 1 atom stereocenters. The van der Waals surface area contributed by atoms with Crippen LogP contribution in [0.3, 0.4) is 0 Å². The van der Waals surface area contributed by atoms with E-state index in [-0.39, 0.29) is 16.7 Å². The van der Waals surface area contributed by atoms with Gasteiger partial charge in [-0.3, -0.25) is 4.79 Å². The Bertz CT molecular complexity index is 466. The molecular weight excluding hydrogens is 270 g/mol. The topological polar surface area (TPSA) is 38.3 Å². The lowest BCUT2D eigenvalue weighted by atomic mass is 10.1. The van der Waals surface area contributed by atoms with Crippen molar-refractivity contribution in [3.8, 4) is 5.75 Å². The summed E-state index contributed by atoms with van der Waals surface area (Å²) in [6.07, 6.45) is 0. The number of carbonyl (C=O) groups excluding carboxylic acids is 1. The van der Waals surface area contributed by atoms with E-state index in [9.17, 15) is 4.79 Å². The van der Waals surface area contributed by atoms with Crippen molar-refractivity contribution in [1.82, 2.24) is 5.32 Å². The summed E-state index contributed by atoms with van der Waals surface area (Å²) in [5, 5.41) is 2.92. The van der Waals surface area contributed by atoms with Crippen molar-refractivity contribution < 1.29 is 9.53 Å². The van der Waals surface area contributed by atoms with Gasteiger partial charge in [-0.25, -0.2) is 0 Å². The van der Waals surface area contributed by atoms with Crippen molar-refractivity contribution in [2.45, 2.75) is 51.2 Å². The van der Waals surface area contributed by atoms with Crippen LogP contribution in [0.15, 0.2) is 18.2 Å². The Morgan fingerprint density at radius 2 is 2.05 bits per heavy atom. The monoisotopic (exact) mass is 295 g/mol. The quantitative estimate of drug-likeness (QED) is 0.903. The Morgan fingerprint density at radius 3 is 2.60 bits per heavy atom. The Kier molecular flexibility index (Phi) is 5.93. The molecule has 1 aromatic carbocycles. The van der Waals surface area contributed by atoms with Crippen LogP contribution in [-0.4, -0.2) is 23.8 Å². The molecule has 1 aromatic rings. The second kappa shape index (κ2) is 7.02. The molecule has 0 fully saturated rings. The number of thioether (sulfide) groups is 1. The molecule has 1 rings (SSSR count). The van der Waals surface area contributed by atoms with Gasteiger partial charge in [0, 0.05) is 16.9 Å². The highest BCUT2D eigenvalue weighted by atomic mass is 32.2. The number of ether oxygens (including phenoxy) is 1. The number of aryl methyl sites for hydroxylation is 1. The van der Waals surface area contributed by atoms with Gasteiger partial charge in [0.25, 0.3) is 0 Å². The molecule has 0 spiro atoms. The maximum atomic E-state index is 12.0. The summed E-state index contributed by atoms with van der Waals surface area (Å²) in [6, 6.07) is 6.12.